The van der Waals surface area contributed by atoms with Gasteiger partial charge in [0.15, 0.2) is 0 Å². The lowest BCUT2D eigenvalue weighted by molar-refractivity contribution is 0.586. The molecular weight excluding hydrogens is 229 g/mol. The van der Waals surface area contributed by atoms with Gasteiger partial charge in [-0.15, -0.1) is 0 Å². The summed E-state index contributed by atoms with van der Waals surface area (Å²) in [5.41, 5.74) is 0.673. The van der Waals surface area contributed by atoms with Gasteiger partial charge in [0.05, 0.1) is 0 Å². The number of benzene rings is 1. The molecule has 0 aliphatic carbocycles. The van der Waals surface area contributed by atoms with Gasteiger partial charge in [0.1, 0.15) is 11.6 Å². The van der Waals surface area contributed by atoms with Crippen molar-refractivity contribution < 1.29 is 4.39 Å². The summed E-state index contributed by atoms with van der Waals surface area (Å²) in [6.45, 7) is 5.63. The molecule has 0 unspecified atom stereocenters. The fourth-order valence-corrected chi connectivity index (χ4v) is 2.41. The molecule has 3 nitrogen and oxygen atoms in total. The van der Waals surface area contributed by atoms with Crippen LogP contribution in [0.5, 0.6) is 0 Å². The molecule has 1 aliphatic heterocycles. The van der Waals surface area contributed by atoms with Crippen LogP contribution >= 0.6 is 0 Å². The highest BCUT2D eigenvalue weighted by Crippen LogP contribution is 2.26. The van der Waals surface area contributed by atoms with Crippen molar-refractivity contribution in [3.05, 3.63) is 35.8 Å². The molecule has 1 N–H and O–H groups in total. The first-order valence-electron chi connectivity index (χ1n) is 6.26. The van der Waals surface area contributed by atoms with E-state index < -0.39 is 0 Å². The molecule has 1 fully saturated rings. The Labute approximate surface area is 106 Å². The van der Waals surface area contributed by atoms with Crippen LogP contribution in [0.3, 0.4) is 0 Å². The average molecular weight is 245 g/mol. The zero-order valence-electron chi connectivity index (χ0n) is 10.4. The van der Waals surface area contributed by atoms with Crippen molar-refractivity contribution in [1.82, 2.24) is 10.3 Å². The normalized spacial score (nSPS) is 16.2. The molecule has 0 radical (unpaired) electrons. The van der Waals surface area contributed by atoms with Crippen molar-refractivity contribution >= 4 is 16.6 Å². The summed E-state index contributed by atoms with van der Waals surface area (Å²) in [5, 5.41) is 5.28. The maximum absolute atomic E-state index is 13.6. The van der Waals surface area contributed by atoms with Gasteiger partial charge in [-0.1, -0.05) is 0 Å². The second-order valence-corrected chi connectivity index (χ2v) is 4.69. The third kappa shape index (κ3) is 1.93. The first kappa shape index (κ1) is 11.4. The number of pyridine rings is 1. The number of hydrogen-bond donors (Lipinski definition) is 1. The second kappa shape index (κ2) is 4.53. The standard InChI is InChI=1S/C14H16FN3/c1-10-8-12-11(9-13(10)15)2-3-17-14(12)18-6-4-16-5-7-18/h2-3,8-9,16H,4-7H2,1H3. The Morgan fingerprint density at radius 1 is 1.28 bits per heavy atom. The average Bonchev–Trinajstić information content (AvgIpc) is 2.40. The van der Waals surface area contributed by atoms with Gasteiger partial charge < -0.3 is 10.2 Å². The molecular formula is C14H16FN3. The Kier molecular flexibility index (Phi) is 2.88. The quantitative estimate of drug-likeness (QED) is 0.834. The fraction of sp³-hybridized carbons (Fsp3) is 0.357. The zero-order valence-corrected chi connectivity index (χ0v) is 10.4. The van der Waals surface area contributed by atoms with Crippen LogP contribution in [0.1, 0.15) is 5.56 Å². The Bertz CT molecular complexity index is 577. The number of aryl methyl sites for hydroxylation is 1. The van der Waals surface area contributed by atoms with Gasteiger partial charge in [-0.3, -0.25) is 0 Å². The minimum absolute atomic E-state index is 0.153. The summed E-state index contributed by atoms with van der Waals surface area (Å²) in [6, 6.07) is 5.36. The summed E-state index contributed by atoms with van der Waals surface area (Å²) in [6.07, 6.45) is 1.76. The maximum atomic E-state index is 13.6. The predicted molar refractivity (Wildman–Crippen MR) is 71.5 cm³/mol. The van der Waals surface area contributed by atoms with Crippen molar-refractivity contribution in [3.8, 4) is 0 Å². The van der Waals surface area contributed by atoms with E-state index in [1.807, 2.05) is 12.1 Å². The molecule has 1 aliphatic rings. The highest BCUT2D eigenvalue weighted by Gasteiger charge is 2.15. The topological polar surface area (TPSA) is 28.2 Å². The molecule has 2 aromatic rings. The van der Waals surface area contributed by atoms with Gasteiger partial charge >= 0.3 is 0 Å². The molecule has 1 saturated heterocycles. The molecule has 3 rings (SSSR count). The third-order valence-electron chi connectivity index (χ3n) is 3.44. The third-order valence-corrected chi connectivity index (χ3v) is 3.44. The first-order valence-corrected chi connectivity index (χ1v) is 6.26. The van der Waals surface area contributed by atoms with Crippen LogP contribution in [0.15, 0.2) is 24.4 Å². The second-order valence-electron chi connectivity index (χ2n) is 4.69. The number of fused-ring (bicyclic) bond motifs is 1. The number of rotatable bonds is 1. The van der Waals surface area contributed by atoms with Crippen LogP contribution in [0, 0.1) is 12.7 Å². The van der Waals surface area contributed by atoms with Crippen molar-refractivity contribution in [2.45, 2.75) is 6.92 Å². The Hall–Kier alpha value is -1.68. The number of nitrogens with zero attached hydrogens (tertiary/aromatic N) is 2. The lowest BCUT2D eigenvalue weighted by atomic mass is 10.1. The van der Waals surface area contributed by atoms with E-state index >= 15 is 0 Å². The highest BCUT2D eigenvalue weighted by atomic mass is 19.1. The SMILES string of the molecule is Cc1cc2c(N3CCNCC3)nccc2cc1F. The molecule has 18 heavy (non-hydrogen) atoms. The molecule has 1 aromatic carbocycles. The lowest BCUT2D eigenvalue weighted by Gasteiger charge is -2.29. The Morgan fingerprint density at radius 3 is 2.83 bits per heavy atom. The van der Waals surface area contributed by atoms with Gasteiger partial charge in [-0.25, -0.2) is 9.37 Å². The summed E-state index contributed by atoms with van der Waals surface area (Å²) in [5.74, 6) is 0.817. The first-order chi connectivity index (χ1) is 8.75. The van der Waals surface area contributed by atoms with E-state index in [1.165, 1.54) is 0 Å². The minimum atomic E-state index is -0.153. The lowest BCUT2D eigenvalue weighted by Crippen LogP contribution is -2.43. The van der Waals surface area contributed by atoms with Gasteiger partial charge in [0.25, 0.3) is 0 Å². The Morgan fingerprint density at radius 2 is 2.06 bits per heavy atom. The van der Waals surface area contributed by atoms with E-state index in [-0.39, 0.29) is 5.82 Å². The number of aromatic nitrogens is 1. The van der Waals surface area contributed by atoms with Gasteiger partial charge in [-0.2, -0.15) is 0 Å². The number of hydrogen-bond acceptors (Lipinski definition) is 3. The van der Waals surface area contributed by atoms with E-state index in [0.717, 1.165) is 42.8 Å². The zero-order chi connectivity index (χ0) is 12.5. The van der Waals surface area contributed by atoms with Crippen molar-refractivity contribution in [3.63, 3.8) is 0 Å². The van der Waals surface area contributed by atoms with Crippen LogP contribution in [-0.2, 0) is 0 Å². The van der Waals surface area contributed by atoms with E-state index in [1.54, 1.807) is 19.2 Å². The Balaban J connectivity index is 2.13. The van der Waals surface area contributed by atoms with Crippen molar-refractivity contribution in [2.24, 2.45) is 0 Å². The van der Waals surface area contributed by atoms with Crippen molar-refractivity contribution in [1.29, 1.82) is 0 Å². The molecule has 0 amide bonds. The predicted octanol–water partition coefficient (Wildman–Crippen LogP) is 2.09. The number of halogens is 1. The molecule has 1 aromatic heterocycles. The summed E-state index contributed by atoms with van der Waals surface area (Å²) < 4.78 is 13.6. The monoisotopic (exact) mass is 245 g/mol. The minimum Gasteiger partial charge on any atom is -0.354 e. The molecule has 2 heterocycles. The summed E-state index contributed by atoms with van der Waals surface area (Å²) in [7, 11) is 0. The van der Waals surface area contributed by atoms with Crippen molar-refractivity contribution in [2.75, 3.05) is 31.1 Å². The van der Waals surface area contributed by atoms with Crippen LogP contribution < -0.4 is 10.2 Å². The summed E-state index contributed by atoms with van der Waals surface area (Å²) >= 11 is 0. The van der Waals surface area contributed by atoms with Crippen LogP contribution in [-0.4, -0.2) is 31.2 Å². The van der Waals surface area contributed by atoms with Crippen LogP contribution in [0.2, 0.25) is 0 Å². The number of nitrogens with one attached hydrogen (secondary N) is 1. The molecule has 0 saturated carbocycles. The largest absolute Gasteiger partial charge is 0.354 e. The van der Waals surface area contributed by atoms with Gasteiger partial charge in [-0.05, 0) is 36.1 Å². The maximum Gasteiger partial charge on any atom is 0.136 e. The molecule has 4 heteroatoms. The highest BCUT2D eigenvalue weighted by molar-refractivity contribution is 5.92. The van der Waals surface area contributed by atoms with Crippen LogP contribution in [0.4, 0.5) is 10.2 Å². The van der Waals surface area contributed by atoms with Gasteiger partial charge in [0, 0.05) is 37.8 Å². The molecule has 0 atom stereocenters. The molecule has 0 spiro atoms. The van der Waals surface area contributed by atoms with Crippen LogP contribution in [0.25, 0.3) is 10.8 Å². The fourth-order valence-electron chi connectivity index (χ4n) is 2.41. The van der Waals surface area contributed by atoms with E-state index in [4.69, 9.17) is 0 Å². The molecule has 0 bridgehead atoms. The smallest absolute Gasteiger partial charge is 0.136 e. The van der Waals surface area contributed by atoms with E-state index in [2.05, 4.69) is 15.2 Å². The summed E-state index contributed by atoms with van der Waals surface area (Å²) in [4.78, 5) is 6.74. The van der Waals surface area contributed by atoms with Gasteiger partial charge in [0.2, 0.25) is 0 Å². The number of piperazine rings is 1. The van der Waals surface area contributed by atoms with E-state index in [0.29, 0.717) is 5.56 Å². The van der Waals surface area contributed by atoms with E-state index in [9.17, 15) is 4.39 Å². The number of anilines is 1. The molecule has 94 valence electrons.